The van der Waals surface area contributed by atoms with Crippen LogP contribution in [0, 0.1) is 5.92 Å². The van der Waals surface area contributed by atoms with Gasteiger partial charge in [0.25, 0.3) is 0 Å². The Morgan fingerprint density at radius 2 is 1.75 bits per heavy atom. The van der Waals surface area contributed by atoms with Gasteiger partial charge in [-0.3, -0.25) is 9.59 Å². The van der Waals surface area contributed by atoms with Crippen LogP contribution in [0.3, 0.4) is 0 Å². The summed E-state index contributed by atoms with van der Waals surface area (Å²) in [5.41, 5.74) is 0. The largest absolute Gasteiger partial charge is 0.481 e. The van der Waals surface area contributed by atoms with Crippen LogP contribution in [0.4, 0.5) is 0 Å². The maximum atomic E-state index is 10.9. The highest BCUT2D eigenvalue weighted by Gasteiger charge is 2.16. The molecule has 0 bridgehead atoms. The average molecular weight is 228 g/mol. The van der Waals surface area contributed by atoms with Crippen molar-refractivity contribution in [1.29, 1.82) is 0 Å². The minimum absolute atomic E-state index is 0.0520. The van der Waals surface area contributed by atoms with Gasteiger partial charge < -0.3 is 10.2 Å². The Morgan fingerprint density at radius 1 is 1.12 bits per heavy atom. The first kappa shape index (κ1) is 14.7. The molecular weight excluding hydrogens is 208 g/mol. The topological polar surface area (TPSA) is 74.6 Å². The second-order valence-corrected chi connectivity index (χ2v) is 3.89. The summed E-state index contributed by atoms with van der Waals surface area (Å²) >= 11 is 0. The molecule has 92 valence electrons. The molecule has 0 rings (SSSR count). The Bertz CT molecular complexity index is 235. The monoisotopic (exact) mass is 228 g/mol. The zero-order chi connectivity index (χ0) is 12.4. The van der Waals surface area contributed by atoms with Crippen LogP contribution in [0.2, 0.25) is 0 Å². The van der Waals surface area contributed by atoms with E-state index in [-0.39, 0.29) is 6.42 Å². The van der Waals surface area contributed by atoms with E-state index in [4.69, 9.17) is 10.2 Å². The van der Waals surface area contributed by atoms with E-state index in [1.807, 2.05) is 6.08 Å². The average Bonchev–Trinajstić information content (AvgIpc) is 2.20. The number of hydrogen-bond donors (Lipinski definition) is 2. The van der Waals surface area contributed by atoms with Gasteiger partial charge in [0.15, 0.2) is 0 Å². The molecule has 0 saturated heterocycles. The number of carboxylic acid groups (broad SMARTS) is 2. The van der Waals surface area contributed by atoms with Crippen molar-refractivity contribution in [2.75, 3.05) is 0 Å². The summed E-state index contributed by atoms with van der Waals surface area (Å²) in [6.45, 7) is 3.60. The lowest BCUT2D eigenvalue weighted by Crippen LogP contribution is -2.14. The molecule has 2 N–H and O–H groups in total. The molecule has 0 fully saturated rings. The number of unbranched alkanes of at least 4 members (excludes halogenated alkanes) is 2. The molecule has 16 heavy (non-hydrogen) atoms. The summed E-state index contributed by atoms with van der Waals surface area (Å²) in [5, 5.41) is 17.4. The van der Waals surface area contributed by atoms with Crippen molar-refractivity contribution in [3.8, 4) is 0 Å². The van der Waals surface area contributed by atoms with Gasteiger partial charge in [0, 0.05) is 6.42 Å². The van der Waals surface area contributed by atoms with Crippen LogP contribution in [0.5, 0.6) is 0 Å². The summed E-state index contributed by atoms with van der Waals surface area (Å²) in [6.07, 6.45) is 6.10. The molecule has 4 nitrogen and oxygen atoms in total. The predicted molar refractivity (Wildman–Crippen MR) is 61.3 cm³/mol. The van der Waals surface area contributed by atoms with Crippen LogP contribution in [-0.2, 0) is 9.59 Å². The molecule has 0 aromatic rings. The molecule has 0 aliphatic carbocycles. The number of carboxylic acids is 2. The third-order valence-electron chi connectivity index (χ3n) is 2.50. The fraction of sp³-hybridized carbons (Fsp3) is 0.667. The minimum Gasteiger partial charge on any atom is -0.481 e. The van der Waals surface area contributed by atoms with Gasteiger partial charge >= 0.3 is 11.9 Å². The lowest BCUT2D eigenvalue weighted by atomic mass is 9.95. The summed E-state index contributed by atoms with van der Waals surface area (Å²) in [4.78, 5) is 21.2. The number of rotatable bonds is 10. The third-order valence-corrected chi connectivity index (χ3v) is 2.50. The van der Waals surface area contributed by atoms with E-state index in [2.05, 4.69) is 6.58 Å². The number of allylic oxidation sites excluding steroid dienone is 1. The third kappa shape index (κ3) is 8.03. The van der Waals surface area contributed by atoms with Crippen molar-refractivity contribution in [2.45, 2.75) is 44.9 Å². The number of hydrogen-bond acceptors (Lipinski definition) is 2. The molecule has 0 spiro atoms. The Morgan fingerprint density at radius 3 is 2.25 bits per heavy atom. The predicted octanol–water partition coefficient (Wildman–Crippen LogP) is 2.69. The Labute approximate surface area is 96.0 Å². The summed E-state index contributed by atoms with van der Waals surface area (Å²) in [7, 11) is 0. The summed E-state index contributed by atoms with van der Waals surface area (Å²) < 4.78 is 0. The van der Waals surface area contributed by atoms with Crippen LogP contribution in [0.25, 0.3) is 0 Å². The zero-order valence-corrected chi connectivity index (χ0v) is 9.52. The van der Waals surface area contributed by atoms with Gasteiger partial charge in [0.05, 0.1) is 5.92 Å². The normalized spacial score (nSPS) is 12.0. The first-order valence-corrected chi connectivity index (χ1v) is 5.63. The Balaban J connectivity index is 3.75. The van der Waals surface area contributed by atoms with Gasteiger partial charge in [-0.05, 0) is 32.1 Å². The van der Waals surface area contributed by atoms with E-state index in [1.165, 1.54) is 0 Å². The van der Waals surface area contributed by atoms with Gasteiger partial charge in [0.1, 0.15) is 0 Å². The smallest absolute Gasteiger partial charge is 0.306 e. The van der Waals surface area contributed by atoms with Crippen molar-refractivity contribution in [1.82, 2.24) is 0 Å². The highest BCUT2D eigenvalue weighted by Crippen LogP contribution is 2.17. The first-order chi connectivity index (χ1) is 7.57. The van der Waals surface area contributed by atoms with E-state index < -0.39 is 17.9 Å². The zero-order valence-electron chi connectivity index (χ0n) is 9.52. The highest BCUT2D eigenvalue weighted by molar-refractivity contribution is 5.70. The SMILES string of the molecule is C=CCCCCC(CCCC(=O)O)C(=O)O. The number of carbonyl (C=O) groups is 2. The number of aliphatic carboxylic acids is 2. The molecule has 1 atom stereocenters. The lowest BCUT2D eigenvalue weighted by Gasteiger charge is -2.10. The molecule has 0 aliphatic rings. The molecule has 0 saturated carbocycles. The molecular formula is C12H20O4. The van der Waals surface area contributed by atoms with Crippen molar-refractivity contribution >= 4 is 11.9 Å². The van der Waals surface area contributed by atoms with Crippen molar-refractivity contribution in [3.05, 3.63) is 12.7 Å². The fourth-order valence-corrected chi connectivity index (χ4v) is 1.57. The Kier molecular flexibility index (Phi) is 8.21. The fourth-order valence-electron chi connectivity index (χ4n) is 1.57. The molecule has 4 heteroatoms. The molecule has 0 aromatic carbocycles. The van der Waals surface area contributed by atoms with Crippen LogP contribution in [0.15, 0.2) is 12.7 Å². The van der Waals surface area contributed by atoms with Gasteiger partial charge in [0.2, 0.25) is 0 Å². The lowest BCUT2D eigenvalue weighted by molar-refractivity contribution is -0.143. The molecule has 1 unspecified atom stereocenters. The quantitative estimate of drug-likeness (QED) is 0.445. The van der Waals surface area contributed by atoms with Crippen LogP contribution < -0.4 is 0 Å². The van der Waals surface area contributed by atoms with Crippen molar-refractivity contribution < 1.29 is 19.8 Å². The van der Waals surface area contributed by atoms with Gasteiger partial charge in [-0.2, -0.15) is 0 Å². The maximum absolute atomic E-state index is 10.9. The second kappa shape index (κ2) is 8.95. The van der Waals surface area contributed by atoms with E-state index >= 15 is 0 Å². The molecule has 0 radical (unpaired) electrons. The van der Waals surface area contributed by atoms with Crippen molar-refractivity contribution in [3.63, 3.8) is 0 Å². The van der Waals surface area contributed by atoms with E-state index in [0.717, 1.165) is 19.3 Å². The van der Waals surface area contributed by atoms with E-state index in [9.17, 15) is 9.59 Å². The molecule has 0 aliphatic heterocycles. The van der Waals surface area contributed by atoms with Crippen molar-refractivity contribution in [2.24, 2.45) is 5.92 Å². The maximum Gasteiger partial charge on any atom is 0.306 e. The molecule has 0 amide bonds. The van der Waals surface area contributed by atoms with Gasteiger partial charge in [-0.15, -0.1) is 6.58 Å². The highest BCUT2D eigenvalue weighted by atomic mass is 16.4. The van der Waals surface area contributed by atoms with Gasteiger partial charge in [-0.25, -0.2) is 0 Å². The van der Waals surface area contributed by atoms with E-state index in [0.29, 0.717) is 19.3 Å². The Hall–Kier alpha value is -1.32. The molecule has 0 heterocycles. The van der Waals surface area contributed by atoms with Crippen LogP contribution in [-0.4, -0.2) is 22.2 Å². The second-order valence-electron chi connectivity index (χ2n) is 3.89. The van der Waals surface area contributed by atoms with E-state index in [1.54, 1.807) is 0 Å². The summed E-state index contributed by atoms with van der Waals surface area (Å²) in [5.74, 6) is -2.08. The molecule has 0 aromatic heterocycles. The summed E-state index contributed by atoms with van der Waals surface area (Å²) in [6, 6.07) is 0. The van der Waals surface area contributed by atoms with Crippen LogP contribution >= 0.6 is 0 Å². The van der Waals surface area contributed by atoms with Crippen LogP contribution in [0.1, 0.15) is 44.9 Å². The standard InChI is InChI=1S/C12H20O4/c1-2-3-4-5-7-10(12(15)16)8-6-9-11(13)14/h2,10H,1,3-9H2,(H,13,14)(H,15,16). The minimum atomic E-state index is -0.865. The van der Waals surface area contributed by atoms with Gasteiger partial charge in [-0.1, -0.05) is 12.5 Å². The first-order valence-electron chi connectivity index (χ1n) is 5.63.